The summed E-state index contributed by atoms with van der Waals surface area (Å²) in [6.45, 7) is 2.73. The van der Waals surface area contributed by atoms with E-state index in [9.17, 15) is 13.6 Å². The van der Waals surface area contributed by atoms with E-state index in [0.717, 1.165) is 10.2 Å². The molecule has 0 spiro atoms. The average molecular weight is 378 g/mol. The lowest BCUT2D eigenvalue weighted by Crippen LogP contribution is -2.31. The fourth-order valence-corrected chi connectivity index (χ4v) is 3.46. The van der Waals surface area contributed by atoms with Crippen LogP contribution in [0.5, 0.6) is 0 Å². The van der Waals surface area contributed by atoms with Crippen LogP contribution in [0, 0.1) is 0 Å². The highest BCUT2D eigenvalue weighted by molar-refractivity contribution is 6.03. The normalized spacial score (nSPS) is 19.5. The van der Waals surface area contributed by atoms with Gasteiger partial charge in [-0.2, -0.15) is 5.10 Å². The molecule has 2 heterocycles. The number of benzene rings is 1. The number of carbonyl (C=O) groups excluding carboxylic acids is 1. The predicted molar refractivity (Wildman–Crippen MR) is 99.5 cm³/mol. The van der Waals surface area contributed by atoms with Crippen LogP contribution in [0.4, 0.5) is 14.6 Å². The summed E-state index contributed by atoms with van der Waals surface area (Å²) in [5.41, 5.74) is 13.4. The topological polar surface area (TPSA) is 102 Å². The zero-order valence-corrected chi connectivity index (χ0v) is 15.4. The van der Waals surface area contributed by atoms with Crippen molar-refractivity contribution in [2.24, 2.45) is 5.73 Å². The van der Waals surface area contributed by atoms with Gasteiger partial charge in [0.15, 0.2) is 0 Å². The summed E-state index contributed by atoms with van der Waals surface area (Å²) in [6, 6.07) is 6.05. The van der Waals surface area contributed by atoms with Crippen molar-refractivity contribution in [3.63, 3.8) is 0 Å². The van der Waals surface area contributed by atoms with Gasteiger partial charge in [0.2, 0.25) is 0 Å². The molecule has 1 aliphatic heterocycles. The molecule has 1 atom stereocenters. The van der Waals surface area contributed by atoms with Crippen molar-refractivity contribution in [2.75, 3.05) is 32.4 Å². The Labute approximate surface area is 156 Å². The molecule has 7 nitrogen and oxygen atoms in total. The van der Waals surface area contributed by atoms with Gasteiger partial charge in [-0.1, -0.05) is 31.2 Å². The lowest BCUT2D eigenvalue weighted by Gasteiger charge is -2.19. The molecular formula is C18H24F2N6O. The van der Waals surface area contributed by atoms with E-state index in [4.69, 9.17) is 11.5 Å². The Balaban J connectivity index is 2.06. The van der Waals surface area contributed by atoms with Crippen molar-refractivity contribution in [1.82, 2.24) is 20.0 Å². The molecular weight excluding hydrogens is 354 g/mol. The standard InChI is InChI=1S/C18H24F2N6O/c1-3-25-9-13(18(19,20)10-25)26-16(21)14(17(22)27)15(24-26)12-6-4-11(5-7-12)8-23-2/h4-7,13,23H,3,8-10,21H2,1-2H3,(H2,22,27). The number of primary amides is 1. The summed E-state index contributed by atoms with van der Waals surface area (Å²) in [5, 5.41) is 7.33. The van der Waals surface area contributed by atoms with E-state index >= 15 is 0 Å². The second-order valence-electron chi connectivity index (χ2n) is 6.75. The van der Waals surface area contributed by atoms with Crippen molar-refractivity contribution in [1.29, 1.82) is 0 Å². The molecule has 3 rings (SSSR count). The lowest BCUT2D eigenvalue weighted by molar-refractivity contribution is -0.0241. The molecule has 1 amide bonds. The van der Waals surface area contributed by atoms with Crippen molar-refractivity contribution in [2.45, 2.75) is 25.4 Å². The number of likely N-dealkylation sites (N-methyl/N-ethyl adjacent to an activating group) is 1. The van der Waals surface area contributed by atoms with E-state index in [1.54, 1.807) is 17.0 Å². The maximum atomic E-state index is 14.5. The van der Waals surface area contributed by atoms with Crippen molar-refractivity contribution in [3.8, 4) is 11.3 Å². The Hall–Kier alpha value is -2.52. The minimum atomic E-state index is -3.00. The molecule has 1 aliphatic rings. The number of aromatic nitrogens is 2. The minimum Gasteiger partial charge on any atom is -0.383 e. The summed E-state index contributed by atoms with van der Waals surface area (Å²) < 4.78 is 30.1. The minimum absolute atomic E-state index is 0.0258. The summed E-state index contributed by atoms with van der Waals surface area (Å²) in [7, 11) is 1.84. The predicted octanol–water partition coefficient (Wildman–Crippen LogP) is 1.46. The number of nitrogen functional groups attached to an aromatic ring is 1. The summed E-state index contributed by atoms with van der Waals surface area (Å²) in [6.07, 6.45) is 0. The largest absolute Gasteiger partial charge is 0.383 e. The molecule has 27 heavy (non-hydrogen) atoms. The molecule has 0 aliphatic carbocycles. The highest BCUT2D eigenvalue weighted by Gasteiger charge is 2.50. The first-order chi connectivity index (χ1) is 12.8. The average Bonchev–Trinajstić information content (AvgIpc) is 3.11. The fourth-order valence-electron chi connectivity index (χ4n) is 3.46. The Morgan fingerprint density at radius 3 is 2.56 bits per heavy atom. The van der Waals surface area contributed by atoms with Crippen LogP contribution in [-0.4, -0.2) is 53.2 Å². The van der Waals surface area contributed by atoms with E-state index in [1.807, 2.05) is 26.1 Å². The monoisotopic (exact) mass is 378 g/mol. The third-order valence-electron chi connectivity index (χ3n) is 4.90. The molecule has 1 saturated heterocycles. The number of nitrogens with zero attached hydrogens (tertiary/aromatic N) is 3. The SMILES string of the molecule is CCN1CC(n2nc(-c3ccc(CNC)cc3)c(C(N)=O)c2N)C(F)(F)C1. The third-order valence-corrected chi connectivity index (χ3v) is 4.90. The molecule has 5 N–H and O–H groups in total. The second-order valence-corrected chi connectivity index (χ2v) is 6.75. The van der Waals surface area contributed by atoms with Crippen LogP contribution in [0.25, 0.3) is 11.3 Å². The first kappa shape index (κ1) is 19.2. The first-order valence-corrected chi connectivity index (χ1v) is 8.80. The van der Waals surface area contributed by atoms with Gasteiger partial charge < -0.3 is 16.8 Å². The molecule has 0 bridgehead atoms. The highest BCUT2D eigenvalue weighted by Crippen LogP contribution is 2.39. The molecule has 1 fully saturated rings. The zero-order chi connectivity index (χ0) is 19.8. The van der Waals surface area contributed by atoms with Crippen molar-refractivity contribution < 1.29 is 13.6 Å². The number of alkyl halides is 2. The van der Waals surface area contributed by atoms with E-state index in [1.165, 1.54) is 0 Å². The van der Waals surface area contributed by atoms with Crippen LogP contribution < -0.4 is 16.8 Å². The van der Waals surface area contributed by atoms with Crippen LogP contribution in [0.3, 0.4) is 0 Å². The number of amides is 1. The third kappa shape index (κ3) is 3.52. The molecule has 2 aromatic rings. The molecule has 0 saturated carbocycles. The molecule has 9 heteroatoms. The number of nitrogens with one attached hydrogen (secondary N) is 1. The highest BCUT2D eigenvalue weighted by atomic mass is 19.3. The van der Waals surface area contributed by atoms with Gasteiger partial charge in [-0.05, 0) is 19.2 Å². The van der Waals surface area contributed by atoms with Gasteiger partial charge in [-0.15, -0.1) is 0 Å². The quantitative estimate of drug-likeness (QED) is 0.706. The zero-order valence-electron chi connectivity index (χ0n) is 15.4. The number of halogens is 2. The Kier molecular flexibility index (Phi) is 5.16. The summed E-state index contributed by atoms with van der Waals surface area (Å²) in [5.74, 6) is -3.92. The van der Waals surface area contributed by atoms with E-state index in [-0.39, 0.29) is 30.2 Å². The van der Waals surface area contributed by atoms with Crippen LogP contribution in [0.2, 0.25) is 0 Å². The van der Waals surface area contributed by atoms with Gasteiger partial charge in [0.25, 0.3) is 11.8 Å². The van der Waals surface area contributed by atoms with Crippen molar-refractivity contribution in [3.05, 3.63) is 35.4 Å². The summed E-state index contributed by atoms with van der Waals surface area (Å²) in [4.78, 5) is 13.6. The number of nitrogens with two attached hydrogens (primary N) is 2. The number of hydrogen-bond acceptors (Lipinski definition) is 5. The van der Waals surface area contributed by atoms with Gasteiger partial charge >= 0.3 is 0 Å². The fraction of sp³-hybridized carbons (Fsp3) is 0.444. The van der Waals surface area contributed by atoms with Crippen LogP contribution in [0.15, 0.2) is 24.3 Å². The maximum absolute atomic E-state index is 14.5. The summed E-state index contributed by atoms with van der Waals surface area (Å²) >= 11 is 0. The Morgan fingerprint density at radius 2 is 2.04 bits per heavy atom. The second kappa shape index (κ2) is 7.24. The number of carbonyl (C=O) groups is 1. The number of hydrogen-bond donors (Lipinski definition) is 3. The number of anilines is 1. The van der Waals surface area contributed by atoms with Gasteiger partial charge in [0.1, 0.15) is 23.1 Å². The van der Waals surface area contributed by atoms with Gasteiger partial charge in [0.05, 0.1) is 6.54 Å². The Bertz CT molecular complexity index is 833. The van der Waals surface area contributed by atoms with Gasteiger partial charge in [-0.25, -0.2) is 13.5 Å². The molecule has 1 aromatic heterocycles. The van der Waals surface area contributed by atoms with Gasteiger partial charge in [0, 0.05) is 18.7 Å². The Morgan fingerprint density at radius 1 is 1.37 bits per heavy atom. The molecule has 1 unspecified atom stereocenters. The van der Waals surface area contributed by atoms with E-state index in [0.29, 0.717) is 18.7 Å². The molecule has 1 aromatic carbocycles. The van der Waals surface area contributed by atoms with Crippen LogP contribution in [-0.2, 0) is 6.54 Å². The smallest absolute Gasteiger partial charge is 0.283 e. The van der Waals surface area contributed by atoms with Crippen LogP contribution in [0.1, 0.15) is 28.9 Å². The first-order valence-electron chi connectivity index (χ1n) is 8.80. The van der Waals surface area contributed by atoms with Gasteiger partial charge in [-0.3, -0.25) is 9.69 Å². The van der Waals surface area contributed by atoms with E-state index < -0.39 is 17.9 Å². The lowest BCUT2D eigenvalue weighted by atomic mass is 10.1. The maximum Gasteiger partial charge on any atom is 0.283 e. The van der Waals surface area contributed by atoms with Crippen LogP contribution >= 0.6 is 0 Å². The van der Waals surface area contributed by atoms with E-state index in [2.05, 4.69) is 10.4 Å². The number of likely N-dealkylation sites (tertiary alicyclic amines) is 1. The molecule has 0 radical (unpaired) electrons. The number of rotatable bonds is 6. The molecule has 146 valence electrons. The van der Waals surface area contributed by atoms with Crippen molar-refractivity contribution >= 4 is 11.7 Å².